The molecule has 28 heavy (non-hydrogen) atoms. The fourth-order valence-corrected chi connectivity index (χ4v) is 2.95. The van der Waals surface area contributed by atoms with Gasteiger partial charge in [0.25, 0.3) is 5.56 Å². The number of hydrogen-bond acceptors (Lipinski definition) is 6. The van der Waals surface area contributed by atoms with Gasteiger partial charge in [-0.15, -0.1) is 0 Å². The highest BCUT2D eigenvalue weighted by Crippen LogP contribution is 2.20. The molecule has 0 amide bonds. The van der Waals surface area contributed by atoms with Crippen molar-refractivity contribution in [3.63, 3.8) is 0 Å². The summed E-state index contributed by atoms with van der Waals surface area (Å²) in [5.74, 6) is -0.265. The lowest BCUT2D eigenvalue weighted by atomic mass is 10.2. The number of esters is 1. The van der Waals surface area contributed by atoms with E-state index < -0.39 is 17.2 Å². The molecular weight excluding hydrogens is 386 g/mol. The maximum atomic E-state index is 12.3. The number of ether oxygens (including phenoxy) is 1. The first-order valence-corrected chi connectivity index (χ1v) is 9.11. The number of imidazole rings is 1. The molecule has 0 radical (unpaired) electrons. The second-order valence-electron chi connectivity index (χ2n) is 6.34. The normalized spacial score (nSPS) is 11.1. The van der Waals surface area contributed by atoms with E-state index in [9.17, 15) is 14.4 Å². The van der Waals surface area contributed by atoms with Gasteiger partial charge in [-0.3, -0.25) is 14.3 Å². The van der Waals surface area contributed by atoms with Gasteiger partial charge in [-0.2, -0.15) is 0 Å². The van der Waals surface area contributed by atoms with Gasteiger partial charge in [0.05, 0.1) is 16.3 Å². The molecule has 2 aromatic heterocycles. The van der Waals surface area contributed by atoms with Crippen molar-refractivity contribution in [3.05, 3.63) is 55.4 Å². The number of nitrogens with two attached hydrogens (primary N) is 1. The van der Waals surface area contributed by atoms with Crippen LogP contribution in [0.1, 0.15) is 35.9 Å². The van der Waals surface area contributed by atoms with Crippen LogP contribution < -0.4 is 17.0 Å². The van der Waals surface area contributed by atoms with Crippen molar-refractivity contribution in [2.45, 2.75) is 32.9 Å². The number of nitrogens with zero attached hydrogens (tertiary/aromatic N) is 3. The minimum atomic E-state index is -0.604. The van der Waals surface area contributed by atoms with E-state index in [1.807, 2.05) is 6.92 Å². The molecule has 0 spiro atoms. The zero-order valence-corrected chi connectivity index (χ0v) is 16.2. The third-order valence-corrected chi connectivity index (χ3v) is 4.75. The molecule has 0 aliphatic rings. The number of unbranched alkanes of at least 4 members (excludes halogenated alkanes) is 1. The van der Waals surface area contributed by atoms with Gasteiger partial charge in [0.2, 0.25) is 0 Å². The summed E-state index contributed by atoms with van der Waals surface area (Å²) in [5, 5.41) is 0.344. The number of fused-ring (bicyclic) bond motifs is 1. The van der Waals surface area contributed by atoms with Crippen molar-refractivity contribution in [1.82, 2.24) is 19.1 Å². The molecule has 0 aliphatic heterocycles. The number of aromatic amines is 1. The van der Waals surface area contributed by atoms with E-state index in [-0.39, 0.29) is 29.0 Å². The van der Waals surface area contributed by atoms with E-state index in [0.717, 1.165) is 12.8 Å². The lowest BCUT2D eigenvalue weighted by Crippen LogP contribution is -2.31. The molecule has 148 valence electrons. The van der Waals surface area contributed by atoms with Crippen LogP contribution in [0.15, 0.2) is 27.8 Å². The maximum absolute atomic E-state index is 12.3. The summed E-state index contributed by atoms with van der Waals surface area (Å²) < 4.78 is 8.23. The summed E-state index contributed by atoms with van der Waals surface area (Å²) in [7, 11) is 1.63. The Morgan fingerprint density at radius 2 is 2.11 bits per heavy atom. The number of hydrogen-bond donors (Lipinski definition) is 2. The van der Waals surface area contributed by atoms with Crippen LogP contribution in [0.25, 0.3) is 11.2 Å². The summed E-state index contributed by atoms with van der Waals surface area (Å²) in [6, 6.07) is 4.43. The average Bonchev–Trinajstić information content (AvgIpc) is 2.98. The second kappa shape index (κ2) is 7.89. The largest absolute Gasteiger partial charge is 0.454 e. The number of rotatable bonds is 6. The SMILES string of the molecule is CCCCn1c(=O)[nH]c(=O)c2c1nc(COC(=O)c1ccc(Cl)c(N)c1)n2C. The maximum Gasteiger partial charge on any atom is 0.338 e. The molecule has 0 bridgehead atoms. The molecule has 3 rings (SSSR count). The van der Waals surface area contributed by atoms with Gasteiger partial charge >= 0.3 is 11.7 Å². The molecule has 0 saturated carbocycles. The van der Waals surface area contributed by atoms with E-state index in [2.05, 4.69) is 9.97 Å². The molecule has 3 aromatic rings. The Hall–Kier alpha value is -3.07. The van der Waals surface area contributed by atoms with Crippen LogP contribution in [0.3, 0.4) is 0 Å². The summed E-state index contributed by atoms with van der Waals surface area (Å²) in [6.45, 7) is 2.26. The van der Waals surface area contributed by atoms with E-state index >= 15 is 0 Å². The Morgan fingerprint density at radius 1 is 1.36 bits per heavy atom. The molecule has 0 atom stereocenters. The zero-order chi connectivity index (χ0) is 20.4. The van der Waals surface area contributed by atoms with Crippen LogP contribution in [-0.4, -0.2) is 25.1 Å². The number of anilines is 1. The van der Waals surface area contributed by atoms with Crippen molar-refractivity contribution in [2.75, 3.05) is 5.73 Å². The average molecular weight is 406 g/mol. The fraction of sp³-hybridized carbons (Fsp3) is 0.333. The van der Waals surface area contributed by atoms with Crippen molar-refractivity contribution in [3.8, 4) is 0 Å². The number of benzene rings is 1. The molecule has 0 saturated heterocycles. The Kier molecular flexibility index (Phi) is 5.55. The molecule has 2 heterocycles. The number of halogens is 1. The Labute approximate surface area is 164 Å². The number of nitrogen functional groups attached to an aromatic ring is 1. The fourth-order valence-electron chi connectivity index (χ4n) is 2.83. The summed E-state index contributed by atoms with van der Waals surface area (Å²) in [6.07, 6.45) is 1.65. The zero-order valence-electron chi connectivity index (χ0n) is 15.5. The standard InChI is InChI=1S/C18H20ClN5O4/c1-3-4-7-24-15-14(16(25)22-18(24)27)23(2)13(21-15)9-28-17(26)10-5-6-11(19)12(20)8-10/h5-6,8H,3-4,7,9,20H2,1-2H3,(H,22,25,27). The van der Waals surface area contributed by atoms with Crippen LogP contribution in [-0.2, 0) is 24.9 Å². The molecule has 9 nitrogen and oxygen atoms in total. The van der Waals surface area contributed by atoms with Crippen molar-refractivity contribution in [2.24, 2.45) is 7.05 Å². The minimum Gasteiger partial charge on any atom is -0.454 e. The van der Waals surface area contributed by atoms with Gasteiger partial charge in [-0.25, -0.2) is 14.6 Å². The van der Waals surface area contributed by atoms with Crippen molar-refractivity contribution < 1.29 is 9.53 Å². The first-order valence-electron chi connectivity index (χ1n) is 8.74. The molecule has 0 fully saturated rings. The number of aryl methyl sites for hydroxylation is 2. The lowest BCUT2D eigenvalue weighted by Gasteiger charge is -2.06. The lowest BCUT2D eigenvalue weighted by molar-refractivity contribution is 0.0459. The van der Waals surface area contributed by atoms with Crippen LogP contribution in [0.5, 0.6) is 0 Å². The van der Waals surface area contributed by atoms with Gasteiger partial charge in [-0.05, 0) is 24.6 Å². The van der Waals surface area contributed by atoms with Gasteiger partial charge in [0.15, 0.2) is 11.2 Å². The minimum absolute atomic E-state index is 0.173. The number of carbonyl (C=O) groups is 1. The monoisotopic (exact) mass is 405 g/mol. The molecular formula is C18H20ClN5O4. The Bertz CT molecular complexity index is 1160. The highest BCUT2D eigenvalue weighted by Gasteiger charge is 2.18. The summed E-state index contributed by atoms with van der Waals surface area (Å²) >= 11 is 5.85. The quantitative estimate of drug-likeness (QED) is 0.476. The molecule has 0 aliphatic carbocycles. The first kappa shape index (κ1) is 19.7. The van der Waals surface area contributed by atoms with E-state index in [0.29, 0.717) is 17.4 Å². The van der Waals surface area contributed by atoms with Gasteiger partial charge in [0, 0.05) is 13.6 Å². The topological polar surface area (TPSA) is 125 Å². The number of nitrogens with one attached hydrogen (secondary N) is 1. The van der Waals surface area contributed by atoms with E-state index in [4.69, 9.17) is 22.1 Å². The first-order chi connectivity index (χ1) is 13.3. The number of carbonyl (C=O) groups excluding carboxylic acids is 1. The number of H-pyrrole nitrogens is 1. The highest BCUT2D eigenvalue weighted by atomic mass is 35.5. The third kappa shape index (κ3) is 3.65. The predicted octanol–water partition coefficient (Wildman–Crippen LogP) is 1.82. The summed E-state index contributed by atoms with van der Waals surface area (Å²) in [5.41, 5.74) is 5.69. The molecule has 1 aromatic carbocycles. The highest BCUT2D eigenvalue weighted by molar-refractivity contribution is 6.33. The molecule has 0 unspecified atom stereocenters. The van der Waals surface area contributed by atoms with Crippen molar-refractivity contribution in [1.29, 1.82) is 0 Å². The molecule has 10 heteroatoms. The van der Waals surface area contributed by atoms with Crippen molar-refractivity contribution >= 4 is 34.4 Å². The Balaban J connectivity index is 1.91. The summed E-state index contributed by atoms with van der Waals surface area (Å²) in [4.78, 5) is 43.3. The molecule has 3 N–H and O–H groups in total. The van der Waals surface area contributed by atoms with Gasteiger partial charge in [0.1, 0.15) is 12.4 Å². The van der Waals surface area contributed by atoms with Crippen LogP contribution in [0, 0.1) is 0 Å². The predicted molar refractivity (Wildman–Crippen MR) is 105 cm³/mol. The van der Waals surface area contributed by atoms with Gasteiger partial charge < -0.3 is 15.0 Å². The van der Waals surface area contributed by atoms with E-state index in [1.54, 1.807) is 7.05 Å². The Morgan fingerprint density at radius 3 is 2.79 bits per heavy atom. The smallest absolute Gasteiger partial charge is 0.338 e. The second-order valence-corrected chi connectivity index (χ2v) is 6.74. The van der Waals surface area contributed by atoms with Crippen LogP contribution in [0.2, 0.25) is 5.02 Å². The van der Waals surface area contributed by atoms with Gasteiger partial charge in [-0.1, -0.05) is 24.9 Å². The van der Waals surface area contributed by atoms with Crippen LogP contribution >= 0.6 is 11.6 Å². The van der Waals surface area contributed by atoms with Crippen LogP contribution in [0.4, 0.5) is 5.69 Å². The number of aromatic nitrogens is 4. The van der Waals surface area contributed by atoms with E-state index in [1.165, 1.54) is 27.3 Å². The third-order valence-electron chi connectivity index (χ3n) is 4.41.